The van der Waals surface area contributed by atoms with E-state index >= 15 is 0 Å². The first-order chi connectivity index (χ1) is 5.60. The zero-order valence-corrected chi connectivity index (χ0v) is 6.81. The fourth-order valence-corrected chi connectivity index (χ4v) is 1.17. The lowest BCUT2D eigenvalue weighted by Crippen LogP contribution is -2.72. The van der Waals surface area contributed by atoms with E-state index in [0.717, 1.165) is 0 Å². The molecule has 4 nitrogen and oxygen atoms in total. The fourth-order valence-electron chi connectivity index (χ4n) is 1.17. The van der Waals surface area contributed by atoms with Crippen molar-refractivity contribution in [2.24, 2.45) is 0 Å². The molecule has 2 N–H and O–H groups in total. The maximum atomic E-state index is 11.1. The van der Waals surface area contributed by atoms with Gasteiger partial charge < -0.3 is 10.6 Å². The minimum Gasteiger partial charge on any atom is -0.351 e. The Balaban J connectivity index is 2.68. The zero-order valence-electron chi connectivity index (χ0n) is 6.81. The Kier molecular flexibility index (Phi) is 2.05. The molecule has 1 aliphatic heterocycles. The normalized spacial score (nSPS) is 26.5. The van der Waals surface area contributed by atoms with E-state index in [9.17, 15) is 9.59 Å². The van der Waals surface area contributed by atoms with Crippen molar-refractivity contribution in [3.63, 3.8) is 0 Å². The Morgan fingerprint density at radius 2 is 2.58 bits per heavy atom. The van der Waals surface area contributed by atoms with Crippen LogP contribution in [0.1, 0.15) is 13.3 Å². The highest BCUT2D eigenvalue weighted by molar-refractivity contribution is 5.96. The van der Waals surface area contributed by atoms with Gasteiger partial charge in [-0.1, -0.05) is 0 Å². The van der Waals surface area contributed by atoms with Crippen LogP contribution in [0.2, 0.25) is 0 Å². The van der Waals surface area contributed by atoms with E-state index in [1.807, 2.05) is 0 Å². The first-order valence-electron chi connectivity index (χ1n) is 3.61. The molecule has 1 rings (SSSR count). The molecule has 0 aromatic carbocycles. The van der Waals surface area contributed by atoms with Gasteiger partial charge in [-0.3, -0.25) is 9.59 Å². The lowest BCUT2D eigenvalue weighted by Gasteiger charge is -2.39. The number of nitrogens with one attached hydrogen (secondary N) is 2. The largest absolute Gasteiger partial charge is 0.351 e. The predicted molar refractivity (Wildman–Crippen MR) is 43.0 cm³/mol. The number of terminal acetylenes is 1. The Morgan fingerprint density at radius 1 is 1.92 bits per heavy atom. The molecular weight excluding hydrogens is 156 g/mol. The van der Waals surface area contributed by atoms with Crippen molar-refractivity contribution in [1.29, 1.82) is 0 Å². The van der Waals surface area contributed by atoms with E-state index in [2.05, 4.69) is 16.6 Å². The zero-order chi connectivity index (χ0) is 9.19. The molecule has 1 saturated heterocycles. The van der Waals surface area contributed by atoms with Gasteiger partial charge in [0.1, 0.15) is 5.54 Å². The molecule has 0 aromatic heterocycles. The highest BCUT2D eigenvalue weighted by Crippen LogP contribution is 2.16. The van der Waals surface area contributed by atoms with Crippen molar-refractivity contribution >= 4 is 11.8 Å². The van der Waals surface area contributed by atoms with Crippen LogP contribution in [0.25, 0.3) is 0 Å². The summed E-state index contributed by atoms with van der Waals surface area (Å²) in [5.41, 5.74) is -0.833. The molecule has 4 heteroatoms. The molecule has 1 atom stereocenters. The van der Waals surface area contributed by atoms with E-state index in [-0.39, 0.29) is 18.2 Å². The van der Waals surface area contributed by atoms with Crippen LogP contribution in [0.15, 0.2) is 0 Å². The second kappa shape index (κ2) is 2.86. The Labute approximate surface area is 70.7 Å². The lowest BCUT2D eigenvalue weighted by molar-refractivity contribution is -0.139. The molecule has 1 heterocycles. The van der Waals surface area contributed by atoms with Crippen LogP contribution in [-0.4, -0.2) is 23.9 Å². The van der Waals surface area contributed by atoms with Gasteiger partial charge in [0, 0.05) is 13.3 Å². The predicted octanol–water partition coefficient (Wildman–Crippen LogP) is -0.986. The lowest BCUT2D eigenvalue weighted by atomic mass is 9.87. The van der Waals surface area contributed by atoms with E-state index < -0.39 is 5.54 Å². The summed E-state index contributed by atoms with van der Waals surface area (Å²) in [6, 6.07) is 0. The van der Waals surface area contributed by atoms with Crippen LogP contribution >= 0.6 is 0 Å². The minimum absolute atomic E-state index is 0.198. The molecule has 0 bridgehead atoms. The summed E-state index contributed by atoms with van der Waals surface area (Å²) < 4.78 is 0. The number of hydrogen-bond acceptors (Lipinski definition) is 2. The summed E-state index contributed by atoms with van der Waals surface area (Å²) in [6.07, 6.45) is 5.33. The molecule has 0 spiro atoms. The van der Waals surface area contributed by atoms with Gasteiger partial charge in [-0.25, -0.2) is 0 Å². The number of carbonyl (C=O) groups excluding carboxylic acids is 2. The fraction of sp³-hybridized carbons (Fsp3) is 0.500. The van der Waals surface area contributed by atoms with Gasteiger partial charge in [-0.15, -0.1) is 12.3 Å². The van der Waals surface area contributed by atoms with Crippen molar-refractivity contribution in [3.05, 3.63) is 0 Å². The summed E-state index contributed by atoms with van der Waals surface area (Å²) >= 11 is 0. The second-order valence-corrected chi connectivity index (χ2v) is 2.83. The van der Waals surface area contributed by atoms with Crippen molar-refractivity contribution < 1.29 is 9.59 Å². The van der Waals surface area contributed by atoms with Crippen LogP contribution in [0.4, 0.5) is 0 Å². The molecular formula is C8H10N2O2. The van der Waals surface area contributed by atoms with Crippen molar-refractivity contribution in [2.75, 3.05) is 6.54 Å². The quantitative estimate of drug-likeness (QED) is 0.409. The topological polar surface area (TPSA) is 58.2 Å². The average Bonchev–Trinajstić information content (AvgIpc) is 2.00. The van der Waals surface area contributed by atoms with Gasteiger partial charge in [0.05, 0.1) is 6.54 Å². The molecule has 1 unspecified atom stereocenters. The highest BCUT2D eigenvalue weighted by atomic mass is 16.2. The molecule has 2 amide bonds. The summed E-state index contributed by atoms with van der Waals surface area (Å²) in [5.74, 6) is 1.94. The van der Waals surface area contributed by atoms with Crippen LogP contribution in [0, 0.1) is 12.3 Å². The van der Waals surface area contributed by atoms with E-state index in [1.54, 1.807) is 0 Å². The molecule has 64 valence electrons. The maximum Gasteiger partial charge on any atom is 0.248 e. The molecule has 0 aliphatic carbocycles. The van der Waals surface area contributed by atoms with Crippen molar-refractivity contribution in [3.8, 4) is 12.3 Å². The van der Waals surface area contributed by atoms with E-state index in [4.69, 9.17) is 6.42 Å². The maximum absolute atomic E-state index is 11.1. The molecule has 0 radical (unpaired) electrons. The van der Waals surface area contributed by atoms with Gasteiger partial charge in [-0.05, 0) is 0 Å². The van der Waals surface area contributed by atoms with Gasteiger partial charge in [0.25, 0.3) is 0 Å². The minimum atomic E-state index is -0.833. The van der Waals surface area contributed by atoms with Gasteiger partial charge in [0.2, 0.25) is 11.8 Å². The van der Waals surface area contributed by atoms with Crippen molar-refractivity contribution in [2.45, 2.75) is 18.9 Å². The molecule has 1 fully saturated rings. The first kappa shape index (κ1) is 8.60. The third kappa shape index (κ3) is 1.26. The molecule has 0 saturated carbocycles. The molecule has 12 heavy (non-hydrogen) atoms. The molecule has 1 aliphatic rings. The Morgan fingerprint density at radius 3 is 2.83 bits per heavy atom. The molecule has 0 aromatic rings. The number of rotatable bonds is 2. The van der Waals surface area contributed by atoms with Crippen LogP contribution in [0.5, 0.6) is 0 Å². The second-order valence-electron chi connectivity index (χ2n) is 2.83. The van der Waals surface area contributed by atoms with Gasteiger partial charge in [-0.2, -0.15) is 0 Å². The smallest absolute Gasteiger partial charge is 0.248 e. The Bertz CT molecular complexity index is 267. The van der Waals surface area contributed by atoms with E-state index in [0.29, 0.717) is 6.54 Å². The van der Waals surface area contributed by atoms with E-state index in [1.165, 1.54) is 6.92 Å². The third-order valence-corrected chi connectivity index (χ3v) is 1.80. The number of hydrogen-bond donors (Lipinski definition) is 2. The van der Waals surface area contributed by atoms with Gasteiger partial charge >= 0.3 is 0 Å². The number of β-lactam (4-membered cyclic amide) rings is 1. The summed E-state index contributed by atoms with van der Waals surface area (Å²) in [6.45, 7) is 1.79. The summed E-state index contributed by atoms with van der Waals surface area (Å²) in [4.78, 5) is 21.8. The SMILES string of the molecule is C#CCC1(NC(C)=O)CNC1=O. The van der Waals surface area contributed by atoms with Crippen molar-refractivity contribution in [1.82, 2.24) is 10.6 Å². The van der Waals surface area contributed by atoms with Gasteiger partial charge in [0.15, 0.2) is 0 Å². The number of amides is 2. The monoisotopic (exact) mass is 166 g/mol. The van der Waals surface area contributed by atoms with Crippen LogP contribution in [0.3, 0.4) is 0 Å². The first-order valence-corrected chi connectivity index (χ1v) is 3.61. The highest BCUT2D eigenvalue weighted by Gasteiger charge is 2.46. The summed E-state index contributed by atoms with van der Waals surface area (Å²) in [5, 5.41) is 5.09. The van der Waals surface area contributed by atoms with Crippen LogP contribution < -0.4 is 10.6 Å². The summed E-state index contributed by atoms with van der Waals surface area (Å²) in [7, 11) is 0. The standard InChI is InChI=1S/C8H10N2O2/c1-3-4-8(10-6(2)11)5-9-7(8)12/h1H,4-5H2,2H3,(H,9,12)(H,10,11). The third-order valence-electron chi connectivity index (χ3n) is 1.80. The Hall–Kier alpha value is -1.50. The number of carbonyl (C=O) groups is 2. The average molecular weight is 166 g/mol. The van der Waals surface area contributed by atoms with Crippen LogP contribution in [-0.2, 0) is 9.59 Å².